The van der Waals surface area contributed by atoms with Crippen molar-refractivity contribution in [3.05, 3.63) is 71.1 Å². The number of nitrogens with zero attached hydrogens (tertiary/aromatic N) is 2. The number of nitrogens with two attached hydrogens (primary N) is 1. The highest BCUT2D eigenvalue weighted by molar-refractivity contribution is 5.71. The third kappa shape index (κ3) is 2.73. The number of phenolic OH excluding ortho intramolecular Hbond substituents is 1. The molecule has 0 amide bonds. The van der Waals surface area contributed by atoms with Gasteiger partial charge in [-0.05, 0) is 29.8 Å². The van der Waals surface area contributed by atoms with Crippen LogP contribution >= 0.6 is 0 Å². The van der Waals surface area contributed by atoms with E-state index in [9.17, 15) is 10.4 Å². The number of nitrogens with one attached hydrogen (secondary N) is 1. The number of hydrogen-bond donors (Lipinski definition) is 3. The van der Waals surface area contributed by atoms with Gasteiger partial charge in [-0.3, -0.25) is 5.10 Å². The molecule has 1 aliphatic heterocycles. The lowest BCUT2D eigenvalue weighted by Crippen LogP contribution is -2.20. The maximum absolute atomic E-state index is 9.69. The first kappa shape index (κ1) is 16.5. The number of H-pyrrole nitrogens is 1. The van der Waals surface area contributed by atoms with E-state index in [0.717, 1.165) is 11.1 Å². The third-order valence-electron chi connectivity index (χ3n) is 4.52. The first-order valence-corrected chi connectivity index (χ1v) is 8.21. The minimum absolute atomic E-state index is 0.0202. The number of ether oxygens (including phenoxy) is 2. The summed E-state index contributed by atoms with van der Waals surface area (Å²) in [5.41, 5.74) is 9.31. The van der Waals surface area contributed by atoms with Gasteiger partial charge in [-0.1, -0.05) is 24.3 Å². The summed E-state index contributed by atoms with van der Waals surface area (Å²) < 4.78 is 10.9. The van der Waals surface area contributed by atoms with Crippen molar-refractivity contribution in [3.63, 3.8) is 0 Å². The minimum atomic E-state index is -0.473. The Hall–Kier alpha value is -3.92. The number of fused-ring (bicyclic) bond motifs is 1. The summed E-state index contributed by atoms with van der Waals surface area (Å²) in [6.45, 7) is 0. The Morgan fingerprint density at radius 2 is 2.04 bits per heavy atom. The second-order valence-corrected chi connectivity index (χ2v) is 6.07. The Bertz CT molecular complexity index is 1080. The van der Waals surface area contributed by atoms with Gasteiger partial charge >= 0.3 is 0 Å². The zero-order chi connectivity index (χ0) is 19.0. The molecule has 7 nitrogen and oxygen atoms in total. The topological polar surface area (TPSA) is 117 Å². The van der Waals surface area contributed by atoms with Gasteiger partial charge in [-0.15, -0.1) is 5.10 Å². The lowest BCUT2D eigenvalue weighted by Gasteiger charge is -2.24. The van der Waals surface area contributed by atoms with E-state index in [2.05, 4.69) is 16.3 Å². The number of phenols is 1. The lowest BCUT2D eigenvalue weighted by molar-refractivity contribution is 0.379. The molecule has 0 bridgehead atoms. The molecule has 2 heterocycles. The highest BCUT2D eigenvalue weighted by Gasteiger charge is 2.35. The molecule has 0 aliphatic carbocycles. The summed E-state index contributed by atoms with van der Waals surface area (Å²) in [5, 5.41) is 26.5. The van der Waals surface area contributed by atoms with Crippen molar-refractivity contribution < 1.29 is 14.6 Å². The molecule has 4 N–H and O–H groups in total. The van der Waals surface area contributed by atoms with Gasteiger partial charge in [0.25, 0.3) is 0 Å². The molecule has 0 saturated carbocycles. The van der Waals surface area contributed by atoms with E-state index in [-0.39, 0.29) is 11.6 Å². The van der Waals surface area contributed by atoms with E-state index in [1.165, 1.54) is 0 Å². The molecule has 0 fully saturated rings. The summed E-state index contributed by atoms with van der Waals surface area (Å²) in [7, 11) is 1.60. The van der Waals surface area contributed by atoms with Gasteiger partial charge in [0.2, 0.25) is 11.8 Å². The number of aromatic nitrogens is 2. The highest BCUT2D eigenvalue weighted by atomic mass is 16.5. The van der Waals surface area contributed by atoms with Crippen LogP contribution in [-0.2, 0) is 0 Å². The van der Waals surface area contributed by atoms with E-state index in [1.807, 2.05) is 24.3 Å². The standard InChI is InChI=1S/C20H16N4O3/c1-26-14-4-2-3-12(9-14)18-17-16(11-5-7-13(25)8-6-11)15(10-21)19(22)27-20(17)24-23-18/h2-9,16,25H,22H2,1H3,(H,23,24)/t16-/m1/s1. The van der Waals surface area contributed by atoms with Crippen LogP contribution in [0, 0.1) is 11.3 Å². The van der Waals surface area contributed by atoms with Gasteiger partial charge in [0.05, 0.1) is 24.3 Å². The number of benzene rings is 2. The molecule has 27 heavy (non-hydrogen) atoms. The predicted octanol–water partition coefficient (Wildman–Crippen LogP) is 3.01. The Labute approximate surface area is 155 Å². The summed E-state index contributed by atoms with van der Waals surface area (Å²) in [4.78, 5) is 0. The molecule has 1 atom stereocenters. The molecule has 3 aromatic rings. The normalized spacial score (nSPS) is 15.6. The molecule has 1 aliphatic rings. The number of methoxy groups -OCH3 is 1. The largest absolute Gasteiger partial charge is 0.508 e. The summed E-state index contributed by atoms with van der Waals surface area (Å²) >= 11 is 0. The SMILES string of the molecule is COc1cccc(-c2[nH]nc3c2[C@H](c2ccc(O)cc2)C(C#N)=C(N)O3)c1. The number of allylic oxidation sites excluding steroid dienone is 1. The first-order valence-electron chi connectivity index (χ1n) is 8.21. The van der Waals surface area contributed by atoms with Crippen LogP contribution in [-0.4, -0.2) is 22.4 Å². The van der Waals surface area contributed by atoms with Crippen molar-refractivity contribution >= 4 is 0 Å². The summed E-state index contributed by atoms with van der Waals surface area (Å²) in [6.07, 6.45) is 0. The van der Waals surface area contributed by atoms with Gasteiger partial charge in [0, 0.05) is 5.56 Å². The zero-order valence-corrected chi connectivity index (χ0v) is 14.4. The second-order valence-electron chi connectivity index (χ2n) is 6.07. The Morgan fingerprint density at radius 3 is 2.74 bits per heavy atom. The van der Waals surface area contributed by atoms with Crippen LogP contribution in [0.1, 0.15) is 17.0 Å². The second kappa shape index (κ2) is 6.42. The number of aromatic amines is 1. The van der Waals surface area contributed by atoms with Crippen LogP contribution in [0.4, 0.5) is 0 Å². The predicted molar refractivity (Wildman–Crippen MR) is 98.0 cm³/mol. The van der Waals surface area contributed by atoms with Crippen LogP contribution in [0.2, 0.25) is 0 Å². The van der Waals surface area contributed by atoms with E-state index < -0.39 is 5.92 Å². The van der Waals surface area contributed by atoms with Crippen molar-refractivity contribution in [3.8, 4) is 34.7 Å². The fourth-order valence-electron chi connectivity index (χ4n) is 3.24. The van der Waals surface area contributed by atoms with E-state index in [4.69, 9.17) is 15.2 Å². The minimum Gasteiger partial charge on any atom is -0.508 e. The molecule has 0 unspecified atom stereocenters. The smallest absolute Gasteiger partial charge is 0.244 e. The quantitative estimate of drug-likeness (QED) is 0.661. The van der Waals surface area contributed by atoms with Crippen LogP contribution < -0.4 is 15.2 Å². The number of aromatic hydroxyl groups is 1. The third-order valence-corrected chi connectivity index (χ3v) is 4.52. The Balaban J connectivity index is 1.93. The van der Waals surface area contributed by atoms with Crippen LogP contribution in [0.3, 0.4) is 0 Å². The Kier molecular flexibility index (Phi) is 3.94. The Morgan fingerprint density at radius 1 is 1.26 bits per heavy atom. The molecule has 0 spiro atoms. The molecule has 2 aromatic carbocycles. The number of nitriles is 1. The van der Waals surface area contributed by atoms with E-state index in [1.54, 1.807) is 31.4 Å². The monoisotopic (exact) mass is 360 g/mol. The number of hydrogen-bond acceptors (Lipinski definition) is 6. The van der Waals surface area contributed by atoms with E-state index in [0.29, 0.717) is 28.5 Å². The maximum atomic E-state index is 9.69. The highest BCUT2D eigenvalue weighted by Crippen LogP contribution is 2.46. The van der Waals surface area contributed by atoms with Gasteiger partial charge in [0.1, 0.15) is 23.1 Å². The lowest BCUT2D eigenvalue weighted by atomic mass is 9.83. The van der Waals surface area contributed by atoms with Crippen molar-refractivity contribution in [2.75, 3.05) is 7.11 Å². The van der Waals surface area contributed by atoms with Gasteiger partial charge in [-0.25, -0.2) is 0 Å². The maximum Gasteiger partial charge on any atom is 0.244 e. The summed E-state index contributed by atoms with van der Waals surface area (Å²) in [5.74, 6) is 0.708. The molecule has 7 heteroatoms. The van der Waals surface area contributed by atoms with Crippen molar-refractivity contribution in [2.24, 2.45) is 5.73 Å². The molecule has 134 valence electrons. The van der Waals surface area contributed by atoms with Crippen molar-refractivity contribution in [1.29, 1.82) is 5.26 Å². The fourth-order valence-corrected chi connectivity index (χ4v) is 3.24. The first-order chi connectivity index (χ1) is 13.1. The fraction of sp³-hybridized carbons (Fsp3) is 0.100. The van der Waals surface area contributed by atoms with Crippen LogP contribution in [0.5, 0.6) is 17.4 Å². The van der Waals surface area contributed by atoms with Crippen molar-refractivity contribution in [1.82, 2.24) is 10.2 Å². The van der Waals surface area contributed by atoms with Crippen LogP contribution in [0.25, 0.3) is 11.3 Å². The van der Waals surface area contributed by atoms with Crippen LogP contribution in [0.15, 0.2) is 60.0 Å². The molecule has 0 saturated heterocycles. The molecular weight excluding hydrogens is 344 g/mol. The van der Waals surface area contributed by atoms with E-state index >= 15 is 0 Å². The number of rotatable bonds is 3. The van der Waals surface area contributed by atoms with Gasteiger partial charge in [-0.2, -0.15) is 5.26 Å². The zero-order valence-electron chi connectivity index (χ0n) is 14.4. The van der Waals surface area contributed by atoms with Crippen molar-refractivity contribution in [2.45, 2.75) is 5.92 Å². The van der Waals surface area contributed by atoms with Gasteiger partial charge < -0.3 is 20.3 Å². The molecule has 4 rings (SSSR count). The average Bonchev–Trinajstić information content (AvgIpc) is 3.11. The average molecular weight is 360 g/mol. The molecule has 1 aromatic heterocycles. The molecule has 0 radical (unpaired) electrons. The van der Waals surface area contributed by atoms with Gasteiger partial charge in [0.15, 0.2) is 0 Å². The summed E-state index contributed by atoms with van der Waals surface area (Å²) in [6, 6.07) is 16.3. The molecular formula is C20H16N4O3.